The second-order valence-electron chi connectivity index (χ2n) is 8.15. The number of quaternary nitrogens is 1. The number of benzene rings is 1. The summed E-state index contributed by atoms with van der Waals surface area (Å²) in [5, 5.41) is 4.93. The molecule has 4 atom stereocenters. The van der Waals surface area contributed by atoms with Crippen LogP contribution in [0.15, 0.2) is 24.3 Å². The van der Waals surface area contributed by atoms with E-state index >= 15 is 0 Å². The van der Waals surface area contributed by atoms with Crippen molar-refractivity contribution in [1.29, 1.82) is 0 Å². The van der Waals surface area contributed by atoms with E-state index in [9.17, 15) is 14.4 Å². The lowest BCUT2D eigenvalue weighted by Gasteiger charge is -2.26. The van der Waals surface area contributed by atoms with E-state index in [1.807, 2.05) is 29.6 Å². The van der Waals surface area contributed by atoms with Gasteiger partial charge >= 0.3 is 0 Å². The van der Waals surface area contributed by atoms with Gasteiger partial charge in [-0.2, -0.15) is 0 Å². The first-order valence-corrected chi connectivity index (χ1v) is 9.53. The summed E-state index contributed by atoms with van der Waals surface area (Å²) in [5.41, 5.74) is 0.485. The predicted molar refractivity (Wildman–Crippen MR) is 97.5 cm³/mol. The van der Waals surface area contributed by atoms with Gasteiger partial charge in [0.1, 0.15) is 17.9 Å². The summed E-state index contributed by atoms with van der Waals surface area (Å²) in [7, 11) is 1.54. The minimum Gasteiger partial charge on any atom is -0.383 e. The van der Waals surface area contributed by atoms with Crippen molar-refractivity contribution in [3.05, 3.63) is 29.8 Å². The molecule has 0 radical (unpaired) electrons. The summed E-state index contributed by atoms with van der Waals surface area (Å²) in [6.45, 7) is 4.72. The van der Waals surface area contributed by atoms with Gasteiger partial charge < -0.3 is 15.4 Å². The molecule has 3 amide bonds. The lowest BCUT2D eigenvalue weighted by molar-refractivity contribution is -0.734. The maximum atomic E-state index is 13.3. The summed E-state index contributed by atoms with van der Waals surface area (Å²) >= 11 is 0. The number of carbonyl (C=O) groups is 3. The van der Waals surface area contributed by atoms with Crippen molar-refractivity contribution in [2.75, 3.05) is 25.6 Å². The average molecular weight is 372 g/mol. The number of methoxy groups -OCH3 is 1. The van der Waals surface area contributed by atoms with Gasteiger partial charge in [-0.05, 0) is 12.0 Å². The number of hydrogen-bond donors (Lipinski definition) is 2. The minimum absolute atomic E-state index is 0.101. The highest BCUT2D eigenvalue weighted by atomic mass is 16.5. The Hall–Kier alpha value is -2.25. The molecular weight excluding hydrogens is 346 g/mol. The Morgan fingerprint density at radius 3 is 2.67 bits per heavy atom. The molecule has 3 aliphatic rings. The van der Waals surface area contributed by atoms with Crippen molar-refractivity contribution in [3.63, 3.8) is 0 Å². The van der Waals surface area contributed by atoms with Crippen LogP contribution >= 0.6 is 0 Å². The fourth-order valence-electron chi connectivity index (χ4n) is 5.14. The molecule has 7 nitrogen and oxygen atoms in total. The van der Waals surface area contributed by atoms with Crippen LogP contribution in [0.4, 0.5) is 5.69 Å². The standard InChI is InChI=1S/C20H25N3O4/c1-11(2)10-14-15-16(18(25)23(17(15)24)8-9-27-3)20(22-14)12-6-4-5-7-13(12)21-19(20)26/h4-7,11,14-16,22H,8-10H2,1-3H3,(H,21,26)/p+1/t14-,15+,16-,20-/m0/s1. The number of nitrogens with two attached hydrogens (primary N) is 1. The van der Waals surface area contributed by atoms with Crippen LogP contribution in [0.2, 0.25) is 0 Å². The van der Waals surface area contributed by atoms with E-state index in [1.54, 1.807) is 7.11 Å². The van der Waals surface area contributed by atoms with Gasteiger partial charge in [-0.1, -0.05) is 32.0 Å². The fourth-order valence-corrected chi connectivity index (χ4v) is 5.14. The van der Waals surface area contributed by atoms with Crippen molar-refractivity contribution in [1.82, 2.24) is 4.90 Å². The van der Waals surface area contributed by atoms with Gasteiger partial charge in [0, 0.05) is 19.1 Å². The number of nitrogens with one attached hydrogen (secondary N) is 1. The molecule has 2 fully saturated rings. The highest BCUT2D eigenvalue weighted by Crippen LogP contribution is 2.49. The summed E-state index contributed by atoms with van der Waals surface area (Å²) in [6, 6.07) is 7.39. The van der Waals surface area contributed by atoms with Crippen LogP contribution in [-0.2, 0) is 24.7 Å². The topological polar surface area (TPSA) is 92.3 Å². The molecule has 1 spiro atoms. The quantitative estimate of drug-likeness (QED) is 0.716. The molecule has 27 heavy (non-hydrogen) atoms. The van der Waals surface area contributed by atoms with Crippen molar-refractivity contribution < 1.29 is 24.4 Å². The average Bonchev–Trinajstić information content (AvgIpc) is 3.19. The normalized spacial score (nSPS) is 31.8. The Kier molecular flexibility index (Phi) is 4.31. The number of imide groups is 1. The van der Waals surface area contributed by atoms with Crippen LogP contribution in [0.25, 0.3) is 0 Å². The fraction of sp³-hybridized carbons (Fsp3) is 0.550. The molecule has 3 aliphatic heterocycles. The third-order valence-electron chi connectivity index (χ3n) is 6.13. The zero-order valence-corrected chi connectivity index (χ0v) is 15.9. The predicted octanol–water partition coefficient (Wildman–Crippen LogP) is 0.0733. The van der Waals surface area contributed by atoms with E-state index in [1.165, 1.54) is 4.90 Å². The number of carbonyl (C=O) groups excluding carboxylic acids is 3. The monoisotopic (exact) mass is 372 g/mol. The highest BCUT2D eigenvalue weighted by molar-refractivity contribution is 6.13. The molecule has 0 aromatic heterocycles. The highest BCUT2D eigenvalue weighted by Gasteiger charge is 2.73. The maximum Gasteiger partial charge on any atom is 0.291 e. The number of ether oxygens (including phenoxy) is 1. The summed E-state index contributed by atoms with van der Waals surface area (Å²) in [5.74, 6) is -1.41. The summed E-state index contributed by atoms with van der Waals surface area (Å²) in [4.78, 5) is 40.9. The molecule has 3 N–H and O–H groups in total. The molecule has 144 valence electrons. The molecule has 3 heterocycles. The number of rotatable bonds is 5. The van der Waals surface area contributed by atoms with Gasteiger partial charge in [0.2, 0.25) is 17.4 Å². The van der Waals surface area contributed by atoms with E-state index < -0.39 is 17.4 Å². The van der Waals surface area contributed by atoms with E-state index in [0.29, 0.717) is 12.5 Å². The van der Waals surface area contributed by atoms with Crippen LogP contribution in [0.3, 0.4) is 0 Å². The molecule has 1 aromatic carbocycles. The number of hydrogen-bond acceptors (Lipinski definition) is 4. The molecule has 0 bridgehead atoms. The van der Waals surface area contributed by atoms with Crippen molar-refractivity contribution in [2.45, 2.75) is 31.8 Å². The van der Waals surface area contributed by atoms with Crippen molar-refractivity contribution in [2.24, 2.45) is 17.8 Å². The minimum atomic E-state index is -1.06. The first-order valence-electron chi connectivity index (χ1n) is 9.53. The molecule has 1 aromatic rings. The lowest BCUT2D eigenvalue weighted by atomic mass is 9.76. The summed E-state index contributed by atoms with van der Waals surface area (Å²) < 4.78 is 5.08. The van der Waals surface area contributed by atoms with Gasteiger partial charge in [0.05, 0.1) is 18.8 Å². The second kappa shape index (κ2) is 6.42. The SMILES string of the molecule is COCCN1C(=O)[C@@H]2[C@H](CC(C)C)[NH2+][C@]3(C(=O)Nc4ccccc43)[C@@H]2C1=O. The number of anilines is 1. The van der Waals surface area contributed by atoms with Crippen LogP contribution in [0, 0.1) is 17.8 Å². The molecule has 2 saturated heterocycles. The molecule has 7 heteroatoms. The smallest absolute Gasteiger partial charge is 0.291 e. The number of nitrogens with zero attached hydrogens (tertiary/aromatic N) is 1. The zero-order chi connectivity index (χ0) is 19.3. The van der Waals surface area contributed by atoms with E-state index in [4.69, 9.17) is 4.74 Å². The molecule has 4 rings (SSSR count). The number of amides is 3. The first kappa shape index (κ1) is 18.1. The van der Waals surface area contributed by atoms with Crippen LogP contribution in [0.5, 0.6) is 0 Å². The molecule has 0 unspecified atom stereocenters. The van der Waals surface area contributed by atoms with E-state index in [-0.39, 0.29) is 30.3 Å². The largest absolute Gasteiger partial charge is 0.383 e. The Morgan fingerprint density at radius 2 is 1.96 bits per heavy atom. The Morgan fingerprint density at radius 1 is 1.22 bits per heavy atom. The lowest BCUT2D eigenvalue weighted by Crippen LogP contribution is -2.99. The van der Waals surface area contributed by atoms with Gasteiger partial charge in [0.25, 0.3) is 5.91 Å². The first-order chi connectivity index (χ1) is 12.9. The molecule has 0 saturated carbocycles. The number of likely N-dealkylation sites (tertiary alicyclic amines) is 1. The Labute approximate surface area is 158 Å². The molecule has 0 aliphatic carbocycles. The van der Waals surface area contributed by atoms with Crippen LogP contribution in [-0.4, -0.2) is 48.9 Å². The van der Waals surface area contributed by atoms with Gasteiger partial charge in [-0.15, -0.1) is 0 Å². The third-order valence-corrected chi connectivity index (χ3v) is 6.13. The number of para-hydroxylation sites is 1. The van der Waals surface area contributed by atoms with E-state index in [0.717, 1.165) is 17.7 Å². The van der Waals surface area contributed by atoms with Gasteiger partial charge in [0.15, 0.2) is 0 Å². The maximum absolute atomic E-state index is 13.3. The van der Waals surface area contributed by atoms with E-state index in [2.05, 4.69) is 19.2 Å². The van der Waals surface area contributed by atoms with Gasteiger partial charge in [-0.3, -0.25) is 19.3 Å². The van der Waals surface area contributed by atoms with Crippen LogP contribution in [0.1, 0.15) is 25.8 Å². The van der Waals surface area contributed by atoms with Crippen LogP contribution < -0.4 is 10.6 Å². The Bertz CT molecular complexity index is 808. The van der Waals surface area contributed by atoms with Gasteiger partial charge in [-0.25, -0.2) is 0 Å². The summed E-state index contributed by atoms with van der Waals surface area (Å²) in [6.07, 6.45) is 0.773. The van der Waals surface area contributed by atoms with Crippen molar-refractivity contribution in [3.8, 4) is 0 Å². The number of fused-ring (bicyclic) bond motifs is 4. The third kappa shape index (κ3) is 2.45. The zero-order valence-electron chi connectivity index (χ0n) is 15.9. The Balaban J connectivity index is 1.82. The second-order valence-corrected chi connectivity index (χ2v) is 8.15. The van der Waals surface area contributed by atoms with Crippen molar-refractivity contribution >= 4 is 23.4 Å². The molecular formula is C20H26N3O4+.